The van der Waals surface area contributed by atoms with E-state index < -0.39 is 143 Å². The van der Waals surface area contributed by atoms with E-state index in [2.05, 4.69) is 5.32 Å². The molecule has 60 heavy (non-hydrogen) atoms. The molecule has 0 saturated carbocycles. The maximum Gasteiger partial charge on any atom is 0.219 e. The van der Waals surface area contributed by atoms with Crippen LogP contribution in [0.2, 0.25) is 0 Å². The first-order valence-electron chi connectivity index (χ1n) is 20.4. The van der Waals surface area contributed by atoms with Gasteiger partial charge in [-0.2, -0.15) is 0 Å². The van der Waals surface area contributed by atoms with Gasteiger partial charge in [0, 0.05) is 26.1 Å². The van der Waals surface area contributed by atoms with Crippen LogP contribution < -0.4 is 5.32 Å². The van der Waals surface area contributed by atoms with E-state index in [1.54, 1.807) is 0 Å². The lowest BCUT2D eigenvalue weighted by Crippen LogP contribution is -2.65. The predicted octanol–water partition coefficient (Wildman–Crippen LogP) is -7.71. The van der Waals surface area contributed by atoms with E-state index in [9.17, 15) is 71.2 Å². The van der Waals surface area contributed by atoms with Gasteiger partial charge < -0.3 is 110 Å². The number of ether oxygens (including phenoxy) is 8. The summed E-state index contributed by atoms with van der Waals surface area (Å²) in [5.74, 6) is -0.0643. The number of carbonyl (C=O) groups is 1. The van der Waals surface area contributed by atoms with Crippen LogP contribution in [0.25, 0.3) is 0 Å². The first-order valence-corrected chi connectivity index (χ1v) is 20.4. The van der Waals surface area contributed by atoms with Crippen molar-refractivity contribution in [3.05, 3.63) is 0 Å². The lowest BCUT2D eigenvalue weighted by atomic mass is 9.96. The summed E-state index contributed by atoms with van der Waals surface area (Å²) >= 11 is 0. The molecule has 1 amide bonds. The van der Waals surface area contributed by atoms with E-state index in [4.69, 9.17) is 37.9 Å². The quantitative estimate of drug-likeness (QED) is 0.0449. The minimum Gasteiger partial charge on any atom is -0.394 e. The first-order chi connectivity index (χ1) is 28.5. The minimum atomic E-state index is -1.92. The van der Waals surface area contributed by atoms with E-state index in [0.717, 1.165) is 0 Å². The molecule has 4 aliphatic rings. The first kappa shape index (κ1) is 51.2. The molecule has 0 aromatic carbocycles. The highest BCUT2D eigenvalue weighted by Gasteiger charge is 2.52. The Morgan fingerprint density at radius 2 is 1.05 bits per heavy atom. The monoisotopic (exact) mass is 878 g/mol. The summed E-state index contributed by atoms with van der Waals surface area (Å²) in [7, 11) is 0. The zero-order valence-corrected chi connectivity index (χ0v) is 33.7. The Morgan fingerprint density at radius 1 is 0.550 bits per heavy atom. The number of rotatable bonds is 22. The third-order valence-corrected chi connectivity index (χ3v) is 11.0. The smallest absolute Gasteiger partial charge is 0.219 e. The summed E-state index contributed by atoms with van der Waals surface area (Å²) in [5.41, 5.74) is 0. The second kappa shape index (κ2) is 24.6. The Morgan fingerprint density at radius 3 is 1.62 bits per heavy atom. The van der Waals surface area contributed by atoms with Crippen molar-refractivity contribution in [1.82, 2.24) is 10.2 Å². The number of amides is 1. The third-order valence-electron chi connectivity index (χ3n) is 11.0. The van der Waals surface area contributed by atoms with Crippen LogP contribution in [0.3, 0.4) is 0 Å². The standard InChI is InChI=1S/C36H66N2O22/c1-3-37-20(41)7-5-4-6-8-38(9-11-53-33-28(49)25(46)21(42)16(2)56-33)10-12-54-35-31(52)32(60-36-30(51)27(48)23(44)18(14-40)58-36)24(45)19(59-35)15-55-34-29(50)26(47)22(43)17(13-39)57-34/h16-19,21-36,39-40,42-52H,3-15H2,1-2H3,(H,37,41)/t16-,17+,18+,19+,21+,22+,23+,24+,25+,26-,27-,28-,29-,30-,31-,32-,33+,34-,35-,36+/m0/s1. The van der Waals surface area contributed by atoms with E-state index in [1.165, 1.54) is 6.92 Å². The molecule has 352 valence electrons. The normalized spacial score (nSPS) is 42.7. The maximum absolute atomic E-state index is 11.9. The van der Waals surface area contributed by atoms with Crippen LogP contribution in [0, 0.1) is 0 Å². The van der Waals surface area contributed by atoms with E-state index in [0.29, 0.717) is 38.8 Å². The Balaban J connectivity index is 1.44. The highest BCUT2D eigenvalue weighted by molar-refractivity contribution is 5.75. The molecule has 0 radical (unpaired) electrons. The Hall–Kier alpha value is -1.41. The summed E-state index contributed by atoms with van der Waals surface area (Å²) in [6.45, 7) is 2.43. The van der Waals surface area contributed by atoms with Crippen LogP contribution in [0.4, 0.5) is 0 Å². The maximum atomic E-state index is 11.9. The van der Waals surface area contributed by atoms with Crippen molar-refractivity contribution in [3.8, 4) is 0 Å². The molecule has 0 bridgehead atoms. The molecule has 4 saturated heterocycles. The van der Waals surface area contributed by atoms with Gasteiger partial charge in [-0.25, -0.2) is 0 Å². The number of carbonyl (C=O) groups excluding carboxylic acids is 1. The lowest BCUT2D eigenvalue weighted by molar-refractivity contribution is -0.366. The summed E-state index contributed by atoms with van der Waals surface area (Å²) in [6, 6.07) is 0. The van der Waals surface area contributed by atoms with Crippen molar-refractivity contribution in [2.24, 2.45) is 0 Å². The largest absolute Gasteiger partial charge is 0.394 e. The van der Waals surface area contributed by atoms with E-state index in [1.807, 2.05) is 11.8 Å². The Kier molecular flexibility index (Phi) is 21.0. The molecule has 0 unspecified atom stereocenters. The highest BCUT2D eigenvalue weighted by Crippen LogP contribution is 2.31. The number of aliphatic hydroxyl groups excluding tert-OH is 13. The molecule has 0 spiro atoms. The van der Waals surface area contributed by atoms with Gasteiger partial charge in [-0.1, -0.05) is 6.42 Å². The van der Waals surface area contributed by atoms with E-state index in [-0.39, 0.29) is 32.2 Å². The SMILES string of the molecule is CCNC(=O)CCCCCN(CCO[C@@H]1O[C@@H](C)[C@@H](O)[C@@H](O)[C@@H]1O)CCO[C@H]1O[C@H](CO[C@H]2O[C@H](CO)[C@@H](O)[C@H](O)[C@@H]2O)[C@@H](O)[C@H](O[C@H]2O[C@H](CO)[C@@H](O)[C@H](O)[C@@H]2O)[C@@H]1O. The molecule has 0 aromatic heterocycles. The Bertz CT molecular complexity index is 1240. The Labute approximate surface area is 346 Å². The van der Waals surface area contributed by atoms with Crippen LogP contribution in [-0.2, 0) is 42.7 Å². The molecule has 4 rings (SSSR count). The van der Waals surface area contributed by atoms with Crippen molar-refractivity contribution in [1.29, 1.82) is 0 Å². The molecule has 24 heteroatoms. The topological polar surface area (TPSA) is 369 Å². The number of hydrogen-bond acceptors (Lipinski definition) is 23. The van der Waals surface area contributed by atoms with Crippen LogP contribution in [-0.4, -0.2) is 259 Å². The number of aliphatic hydroxyl groups is 13. The van der Waals surface area contributed by atoms with Crippen LogP contribution in [0.5, 0.6) is 0 Å². The third kappa shape index (κ3) is 13.3. The van der Waals surface area contributed by atoms with Crippen molar-refractivity contribution < 1.29 is 109 Å². The second-order valence-corrected chi connectivity index (χ2v) is 15.4. The molecule has 0 aliphatic carbocycles. The molecule has 24 nitrogen and oxygen atoms in total. The molecule has 4 aliphatic heterocycles. The van der Waals surface area contributed by atoms with Gasteiger partial charge in [0.15, 0.2) is 25.2 Å². The van der Waals surface area contributed by atoms with E-state index >= 15 is 0 Å². The van der Waals surface area contributed by atoms with Crippen molar-refractivity contribution >= 4 is 5.91 Å². The highest BCUT2D eigenvalue weighted by atomic mass is 16.8. The molecule has 4 fully saturated rings. The fraction of sp³-hybridized carbons (Fsp3) is 0.972. The van der Waals surface area contributed by atoms with Gasteiger partial charge in [0.25, 0.3) is 0 Å². The predicted molar refractivity (Wildman–Crippen MR) is 197 cm³/mol. The van der Waals surface area contributed by atoms with Gasteiger partial charge in [-0.15, -0.1) is 0 Å². The fourth-order valence-electron chi connectivity index (χ4n) is 7.23. The van der Waals surface area contributed by atoms with Gasteiger partial charge in [0.05, 0.1) is 39.1 Å². The second-order valence-electron chi connectivity index (χ2n) is 15.4. The summed E-state index contributed by atoms with van der Waals surface area (Å²) in [5, 5.41) is 137. The molecule has 20 atom stereocenters. The molecular weight excluding hydrogens is 812 g/mol. The van der Waals surface area contributed by atoms with Crippen molar-refractivity contribution in [2.45, 2.75) is 162 Å². The summed E-state index contributed by atoms with van der Waals surface area (Å²) in [4.78, 5) is 13.8. The van der Waals surface area contributed by atoms with Crippen LogP contribution in [0.15, 0.2) is 0 Å². The average Bonchev–Trinajstić information content (AvgIpc) is 3.23. The lowest BCUT2D eigenvalue weighted by Gasteiger charge is -2.46. The van der Waals surface area contributed by atoms with Crippen LogP contribution >= 0.6 is 0 Å². The average molecular weight is 879 g/mol. The molecule has 14 N–H and O–H groups in total. The van der Waals surface area contributed by atoms with Gasteiger partial charge in [-0.3, -0.25) is 9.69 Å². The van der Waals surface area contributed by atoms with Gasteiger partial charge in [-0.05, 0) is 33.2 Å². The molecule has 0 aromatic rings. The molecular formula is C36H66N2O22. The number of nitrogens with one attached hydrogen (secondary N) is 1. The van der Waals surface area contributed by atoms with Crippen LogP contribution in [0.1, 0.15) is 39.5 Å². The summed E-state index contributed by atoms with van der Waals surface area (Å²) in [6.07, 6.45) is -29.4. The van der Waals surface area contributed by atoms with Gasteiger partial charge in [0.2, 0.25) is 5.91 Å². The number of unbranched alkanes of at least 4 members (excludes halogenated alkanes) is 2. The van der Waals surface area contributed by atoms with Gasteiger partial charge >= 0.3 is 0 Å². The minimum absolute atomic E-state index is 0.00269. The zero-order chi connectivity index (χ0) is 44.3. The van der Waals surface area contributed by atoms with Crippen molar-refractivity contribution in [2.75, 3.05) is 59.2 Å². The fourth-order valence-corrected chi connectivity index (χ4v) is 7.23. The summed E-state index contributed by atoms with van der Waals surface area (Å²) < 4.78 is 45.2. The zero-order valence-electron chi connectivity index (χ0n) is 33.7. The number of nitrogens with zero attached hydrogens (tertiary/aromatic N) is 1. The molecule has 4 heterocycles. The van der Waals surface area contributed by atoms with Gasteiger partial charge in [0.1, 0.15) is 91.6 Å². The number of hydrogen-bond donors (Lipinski definition) is 14. The van der Waals surface area contributed by atoms with Crippen molar-refractivity contribution in [3.63, 3.8) is 0 Å².